The average molecular weight is 249 g/mol. The number of carbonyl (C=O) groups excluding carboxylic acids is 1. The van der Waals surface area contributed by atoms with Crippen molar-refractivity contribution in [1.82, 2.24) is 0 Å². The summed E-state index contributed by atoms with van der Waals surface area (Å²) in [7, 11) is 0. The van der Waals surface area contributed by atoms with E-state index in [1.807, 2.05) is 13.8 Å². The minimum atomic E-state index is -0.555. The summed E-state index contributed by atoms with van der Waals surface area (Å²) in [6.45, 7) is 4.42. The highest BCUT2D eigenvalue weighted by molar-refractivity contribution is 5.90. The van der Waals surface area contributed by atoms with Crippen molar-refractivity contribution < 1.29 is 19.0 Å². The van der Waals surface area contributed by atoms with Gasteiger partial charge in [0.2, 0.25) is 0 Å². The molecule has 0 aliphatic carbocycles. The molecular weight excluding hydrogens is 234 g/mol. The van der Waals surface area contributed by atoms with Gasteiger partial charge >= 0.3 is 5.97 Å². The summed E-state index contributed by atoms with van der Waals surface area (Å²) in [5.74, 6) is 0.516. The van der Waals surface area contributed by atoms with E-state index in [1.54, 1.807) is 24.3 Å². The molecule has 5 nitrogen and oxygen atoms in total. The summed E-state index contributed by atoms with van der Waals surface area (Å²) in [5.41, 5.74) is 0.331. The molecule has 0 bridgehead atoms. The first kappa shape index (κ1) is 13.8. The van der Waals surface area contributed by atoms with Crippen LogP contribution in [0.5, 0.6) is 11.5 Å². The zero-order valence-electron chi connectivity index (χ0n) is 10.4. The van der Waals surface area contributed by atoms with Crippen molar-refractivity contribution in [3.05, 3.63) is 23.8 Å². The lowest BCUT2D eigenvalue weighted by molar-refractivity contribution is 0.0554. The normalized spacial score (nSPS) is 9.39. The van der Waals surface area contributed by atoms with E-state index in [4.69, 9.17) is 19.5 Å². The predicted octanol–water partition coefficient (Wildman–Crippen LogP) is 2.16. The molecule has 0 fully saturated rings. The summed E-state index contributed by atoms with van der Waals surface area (Å²) in [6, 6.07) is 6.52. The topological polar surface area (TPSA) is 68.5 Å². The van der Waals surface area contributed by atoms with Gasteiger partial charge in [0.15, 0.2) is 18.1 Å². The van der Waals surface area contributed by atoms with Crippen molar-refractivity contribution in [1.29, 1.82) is 5.26 Å². The van der Waals surface area contributed by atoms with E-state index in [2.05, 4.69) is 0 Å². The Bertz CT molecular complexity index is 451. The standard InChI is InChI=1S/C13H15NO4/c1-3-16-11-6-5-10(9-12(11)17-4-2)13(15)18-8-7-14/h5-6,9H,3-4,8H2,1-2H3. The van der Waals surface area contributed by atoms with Gasteiger partial charge in [-0.25, -0.2) is 4.79 Å². The minimum absolute atomic E-state index is 0.268. The zero-order valence-corrected chi connectivity index (χ0v) is 10.4. The second-order valence-electron chi connectivity index (χ2n) is 3.26. The number of hydrogen-bond donors (Lipinski definition) is 0. The lowest BCUT2D eigenvalue weighted by Crippen LogP contribution is -2.06. The van der Waals surface area contributed by atoms with Gasteiger partial charge in [-0.05, 0) is 32.0 Å². The molecule has 0 radical (unpaired) electrons. The quantitative estimate of drug-likeness (QED) is 0.722. The number of nitriles is 1. The first-order valence-corrected chi connectivity index (χ1v) is 5.66. The number of rotatable bonds is 6. The Morgan fingerprint density at radius 2 is 1.89 bits per heavy atom. The van der Waals surface area contributed by atoms with E-state index in [0.29, 0.717) is 30.3 Å². The predicted molar refractivity (Wildman–Crippen MR) is 64.7 cm³/mol. The molecule has 0 spiro atoms. The molecular formula is C13H15NO4. The van der Waals surface area contributed by atoms with Gasteiger partial charge in [-0.2, -0.15) is 5.26 Å². The van der Waals surface area contributed by atoms with Gasteiger partial charge in [0.25, 0.3) is 0 Å². The van der Waals surface area contributed by atoms with E-state index in [1.165, 1.54) is 0 Å². The molecule has 18 heavy (non-hydrogen) atoms. The first-order valence-electron chi connectivity index (χ1n) is 5.66. The van der Waals surface area contributed by atoms with Crippen LogP contribution in [-0.2, 0) is 4.74 Å². The second kappa shape index (κ2) is 7.17. The molecule has 5 heteroatoms. The van der Waals surface area contributed by atoms with Crippen LogP contribution in [0.2, 0.25) is 0 Å². The van der Waals surface area contributed by atoms with Crippen LogP contribution >= 0.6 is 0 Å². The molecule has 0 unspecified atom stereocenters. The van der Waals surface area contributed by atoms with Crippen molar-refractivity contribution in [2.75, 3.05) is 19.8 Å². The fourth-order valence-electron chi connectivity index (χ4n) is 1.36. The lowest BCUT2D eigenvalue weighted by atomic mass is 10.2. The highest BCUT2D eigenvalue weighted by Crippen LogP contribution is 2.28. The number of hydrogen-bond acceptors (Lipinski definition) is 5. The largest absolute Gasteiger partial charge is 0.490 e. The van der Waals surface area contributed by atoms with Gasteiger partial charge in [0, 0.05) is 0 Å². The van der Waals surface area contributed by atoms with Gasteiger partial charge in [-0.15, -0.1) is 0 Å². The lowest BCUT2D eigenvalue weighted by Gasteiger charge is -2.11. The first-order chi connectivity index (χ1) is 8.72. The number of esters is 1. The summed E-state index contributed by atoms with van der Waals surface area (Å²) in [5, 5.41) is 8.34. The van der Waals surface area contributed by atoms with Gasteiger partial charge in [0.1, 0.15) is 6.07 Å². The maximum Gasteiger partial charge on any atom is 0.339 e. The molecule has 0 aromatic heterocycles. The minimum Gasteiger partial charge on any atom is -0.490 e. The van der Waals surface area contributed by atoms with Crippen molar-refractivity contribution in [3.8, 4) is 17.6 Å². The number of ether oxygens (including phenoxy) is 3. The maximum atomic E-state index is 11.6. The summed E-state index contributed by atoms with van der Waals surface area (Å²) in [6.07, 6.45) is 0. The Morgan fingerprint density at radius 3 is 2.50 bits per heavy atom. The van der Waals surface area contributed by atoms with Crippen molar-refractivity contribution >= 4 is 5.97 Å². The molecule has 0 saturated carbocycles. The Morgan fingerprint density at radius 1 is 1.22 bits per heavy atom. The molecule has 0 aliphatic rings. The van der Waals surface area contributed by atoms with E-state index >= 15 is 0 Å². The van der Waals surface area contributed by atoms with E-state index in [-0.39, 0.29) is 6.61 Å². The van der Waals surface area contributed by atoms with Crippen molar-refractivity contribution in [2.24, 2.45) is 0 Å². The van der Waals surface area contributed by atoms with Crippen LogP contribution in [0.25, 0.3) is 0 Å². The second-order valence-corrected chi connectivity index (χ2v) is 3.26. The SMILES string of the molecule is CCOc1ccc(C(=O)OCC#N)cc1OCC. The van der Waals surface area contributed by atoms with Gasteiger partial charge in [-0.1, -0.05) is 0 Å². The highest BCUT2D eigenvalue weighted by atomic mass is 16.5. The van der Waals surface area contributed by atoms with Crippen molar-refractivity contribution in [2.45, 2.75) is 13.8 Å². The van der Waals surface area contributed by atoms with E-state index in [0.717, 1.165) is 0 Å². The molecule has 0 saturated heterocycles. The van der Waals surface area contributed by atoms with Gasteiger partial charge < -0.3 is 14.2 Å². The zero-order chi connectivity index (χ0) is 13.4. The van der Waals surface area contributed by atoms with Crippen LogP contribution in [-0.4, -0.2) is 25.8 Å². The van der Waals surface area contributed by atoms with Crippen LogP contribution in [0.3, 0.4) is 0 Å². The van der Waals surface area contributed by atoms with Crippen LogP contribution in [0.15, 0.2) is 18.2 Å². The Hall–Kier alpha value is -2.22. The van der Waals surface area contributed by atoms with Crippen molar-refractivity contribution in [3.63, 3.8) is 0 Å². The number of benzene rings is 1. The highest BCUT2D eigenvalue weighted by Gasteiger charge is 2.12. The number of carbonyl (C=O) groups is 1. The van der Waals surface area contributed by atoms with E-state index < -0.39 is 5.97 Å². The van der Waals surface area contributed by atoms with E-state index in [9.17, 15) is 4.79 Å². The van der Waals surface area contributed by atoms with Crippen LogP contribution in [0, 0.1) is 11.3 Å². The third kappa shape index (κ3) is 3.67. The Balaban J connectivity index is 2.92. The molecule has 0 atom stereocenters. The third-order valence-electron chi connectivity index (χ3n) is 2.05. The third-order valence-corrected chi connectivity index (χ3v) is 2.05. The van der Waals surface area contributed by atoms with Gasteiger partial charge in [-0.3, -0.25) is 0 Å². The van der Waals surface area contributed by atoms with Crippen LogP contribution < -0.4 is 9.47 Å². The van der Waals surface area contributed by atoms with Crippen LogP contribution in [0.4, 0.5) is 0 Å². The average Bonchev–Trinajstić information content (AvgIpc) is 2.38. The molecule has 0 N–H and O–H groups in total. The molecule has 0 heterocycles. The fraction of sp³-hybridized carbons (Fsp3) is 0.385. The molecule has 1 rings (SSSR count). The maximum absolute atomic E-state index is 11.6. The van der Waals surface area contributed by atoms with Gasteiger partial charge in [0.05, 0.1) is 18.8 Å². The smallest absolute Gasteiger partial charge is 0.339 e. The monoisotopic (exact) mass is 249 g/mol. The fourth-order valence-corrected chi connectivity index (χ4v) is 1.36. The Labute approximate surface area is 106 Å². The molecule has 0 aliphatic heterocycles. The van der Waals surface area contributed by atoms with Crippen LogP contribution in [0.1, 0.15) is 24.2 Å². The molecule has 96 valence electrons. The molecule has 1 aromatic rings. The number of nitrogens with zero attached hydrogens (tertiary/aromatic N) is 1. The molecule has 0 amide bonds. The summed E-state index contributed by atoms with van der Waals surface area (Å²) < 4.78 is 15.5. The summed E-state index contributed by atoms with van der Waals surface area (Å²) in [4.78, 5) is 11.6. The molecule has 1 aromatic carbocycles. The summed E-state index contributed by atoms with van der Waals surface area (Å²) >= 11 is 0. The Kier molecular flexibility index (Phi) is 5.52.